The fraction of sp³-hybridized carbons (Fsp3) is 0. The van der Waals surface area contributed by atoms with Gasteiger partial charge >= 0.3 is 0 Å². The van der Waals surface area contributed by atoms with Crippen molar-refractivity contribution in [3.05, 3.63) is 77.0 Å². The Kier molecular flexibility index (Phi) is 2.72. The van der Waals surface area contributed by atoms with E-state index in [1.807, 2.05) is 30.3 Å². The van der Waals surface area contributed by atoms with Gasteiger partial charge in [0, 0.05) is 12.1 Å². The van der Waals surface area contributed by atoms with Gasteiger partial charge in [-0.2, -0.15) is 4.74 Å². The lowest BCUT2D eigenvalue weighted by Gasteiger charge is -1.98. The summed E-state index contributed by atoms with van der Waals surface area (Å²) in [6.45, 7) is 0. The second kappa shape index (κ2) is 4.53. The molecular formula is C16H11NO2. The van der Waals surface area contributed by atoms with E-state index < -0.39 is 0 Å². The number of rotatable bonds is 2. The van der Waals surface area contributed by atoms with E-state index in [1.165, 1.54) is 0 Å². The molecule has 3 heteroatoms. The highest BCUT2D eigenvalue weighted by molar-refractivity contribution is 6.51. The third-order valence-electron chi connectivity index (χ3n) is 3.05. The number of Topliss-reactive ketones (excluding diaryl/α,β-unsaturated/α-hetero) is 1. The van der Waals surface area contributed by atoms with Crippen LogP contribution in [0.1, 0.15) is 15.9 Å². The number of allylic oxidation sites excluding steroid dienone is 1. The second-order valence-corrected chi connectivity index (χ2v) is 4.27. The van der Waals surface area contributed by atoms with Gasteiger partial charge in [0.05, 0.1) is 0 Å². The topological polar surface area (TPSA) is 43.1 Å². The molecule has 0 radical (unpaired) electrons. The number of carbonyl (C=O) groups excluding carboxylic acids is 1. The van der Waals surface area contributed by atoms with Crippen LogP contribution in [0.25, 0.3) is 6.08 Å². The lowest BCUT2D eigenvalue weighted by Crippen LogP contribution is -2.11. The molecule has 0 atom stereocenters. The fourth-order valence-corrected chi connectivity index (χ4v) is 2.09. The van der Waals surface area contributed by atoms with Gasteiger partial charge in [-0.15, -0.1) is 0 Å². The van der Waals surface area contributed by atoms with Gasteiger partial charge in [0.15, 0.2) is 0 Å². The Labute approximate surface area is 110 Å². The van der Waals surface area contributed by atoms with Crippen LogP contribution in [0.5, 0.6) is 0 Å². The predicted molar refractivity (Wildman–Crippen MR) is 74.5 cm³/mol. The minimum atomic E-state index is -0.224. The Morgan fingerprint density at radius 2 is 1.58 bits per heavy atom. The number of para-hydroxylation sites is 1. The Morgan fingerprint density at radius 3 is 2.32 bits per heavy atom. The number of nitrogens with zero attached hydrogens (tertiary/aromatic N) is 1. The van der Waals surface area contributed by atoms with Crippen LogP contribution in [-0.2, 0) is 0 Å². The molecule has 0 aliphatic carbocycles. The van der Waals surface area contributed by atoms with Crippen LogP contribution in [0.15, 0.2) is 60.7 Å². The zero-order valence-corrected chi connectivity index (χ0v) is 10.1. The Hall–Kier alpha value is -2.68. The summed E-state index contributed by atoms with van der Waals surface area (Å²) in [7, 11) is 0. The molecule has 3 nitrogen and oxygen atoms in total. The van der Waals surface area contributed by atoms with Crippen molar-refractivity contribution in [2.45, 2.75) is 0 Å². The minimum absolute atomic E-state index is 0.157. The van der Waals surface area contributed by atoms with Crippen molar-refractivity contribution in [2.75, 3.05) is 0 Å². The lowest BCUT2D eigenvalue weighted by molar-refractivity contribution is -0.355. The van der Waals surface area contributed by atoms with Crippen LogP contribution >= 0.6 is 0 Å². The SMILES string of the molecule is O=C1C(/C=C/c2ccccc2)=[N+]([O-])c2ccccc21. The summed E-state index contributed by atoms with van der Waals surface area (Å²) < 4.78 is 0.692. The molecule has 0 saturated heterocycles. The predicted octanol–water partition coefficient (Wildman–Crippen LogP) is 3.18. The maximum Gasteiger partial charge on any atom is 0.265 e. The molecule has 1 aliphatic heterocycles. The van der Waals surface area contributed by atoms with Crippen molar-refractivity contribution in [1.82, 2.24) is 0 Å². The van der Waals surface area contributed by atoms with E-state index in [0.717, 1.165) is 5.56 Å². The number of fused-ring (bicyclic) bond motifs is 1. The lowest BCUT2D eigenvalue weighted by atomic mass is 10.1. The summed E-state index contributed by atoms with van der Waals surface area (Å²) in [6.07, 6.45) is 3.34. The van der Waals surface area contributed by atoms with Crippen LogP contribution < -0.4 is 0 Å². The van der Waals surface area contributed by atoms with Crippen LogP contribution in [0.3, 0.4) is 0 Å². The largest absolute Gasteiger partial charge is 0.618 e. The number of carbonyl (C=O) groups is 1. The first-order valence-corrected chi connectivity index (χ1v) is 5.98. The second-order valence-electron chi connectivity index (χ2n) is 4.27. The molecular weight excluding hydrogens is 238 g/mol. The standard InChI is InChI=1S/C16H11NO2/c18-16-13-8-4-5-9-14(13)17(19)15(16)11-10-12-6-2-1-3-7-12/h1-11H/b11-10+. The van der Waals surface area contributed by atoms with Crippen LogP contribution in [0.4, 0.5) is 5.69 Å². The van der Waals surface area contributed by atoms with Crippen molar-refractivity contribution in [1.29, 1.82) is 0 Å². The van der Waals surface area contributed by atoms with E-state index >= 15 is 0 Å². The highest BCUT2D eigenvalue weighted by Crippen LogP contribution is 2.25. The minimum Gasteiger partial charge on any atom is -0.618 e. The molecule has 0 aromatic heterocycles. The van der Waals surface area contributed by atoms with E-state index in [0.29, 0.717) is 16.0 Å². The highest BCUT2D eigenvalue weighted by atomic mass is 16.5. The smallest absolute Gasteiger partial charge is 0.265 e. The first-order chi connectivity index (χ1) is 9.27. The molecule has 2 aromatic rings. The highest BCUT2D eigenvalue weighted by Gasteiger charge is 2.32. The molecule has 0 bridgehead atoms. The van der Waals surface area contributed by atoms with Crippen molar-refractivity contribution in [2.24, 2.45) is 0 Å². The van der Waals surface area contributed by atoms with Gasteiger partial charge in [0.2, 0.25) is 5.69 Å². The van der Waals surface area contributed by atoms with Gasteiger partial charge in [-0.05, 0) is 17.7 Å². The van der Waals surface area contributed by atoms with Gasteiger partial charge in [-0.3, -0.25) is 4.79 Å². The average Bonchev–Trinajstić information content (AvgIpc) is 2.71. The molecule has 19 heavy (non-hydrogen) atoms. The van der Waals surface area contributed by atoms with Crippen molar-refractivity contribution in [3.8, 4) is 0 Å². The average molecular weight is 249 g/mol. The van der Waals surface area contributed by atoms with Crippen molar-refractivity contribution < 1.29 is 9.53 Å². The van der Waals surface area contributed by atoms with E-state index in [-0.39, 0.29) is 11.5 Å². The molecule has 2 aromatic carbocycles. The zero-order chi connectivity index (χ0) is 13.2. The summed E-state index contributed by atoms with van der Waals surface area (Å²) in [5, 5.41) is 12.0. The zero-order valence-electron chi connectivity index (χ0n) is 10.1. The van der Waals surface area contributed by atoms with E-state index in [1.54, 1.807) is 36.4 Å². The van der Waals surface area contributed by atoms with E-state index in [9.17, 15) is 10.0 Å². The Morgan fingerprint density at radius 1 is 0.895 bits per heavy atom. The summed E-state index contributed by atoms with van der Waals surface area (Å²) in [5.74, 6) is -0.224. The molecule has 0 fully saturated rings. The van der Waals surface area contributed by atoms with Crippen molar-refractivity contribution in [3.63, 3.8) is 0 Å². The number of hydrogen-bond acceptors (Lipinski definition) is 2. The molecule has 92 valence electrons. The maximum atomic E-state index is 12.1. The number of hydrogen-bond donors (Lipinski definition) is 0. The van der Waals surface area contributed by atoms with Gasteiger partial charge in [0.1, 0.15) is 5.56 Å². The van der Waals surface area contributed by atoms with E-state index in [4.69, 9.17) is 0 Å². The van der Waals surface area contributed by atoms with Crippen LogP contribution in [0.2, 0.25) is 0 Å². The van der Waals surface area contributed by atoms with E-state index in [2.05, 4.69) is 0 Å². The molecule has 0 amide bonds. The summed E-state index contributed by atoms with van der Waals surface area (Å²) in [6, 6.07) is 16.4. The van der Waals surface area contributed by atoms with Gasteiger partial charge in [-0.25, -0.2) is 0 Å². The Balaban J connectivity index is 1.98. The number of benzene rings is 2. The summed E-state index contributed by atoms with van der Waals surface area (Å²) >= 11 is 0. The third kappa shape index (κ3) is 1.95. The van der Waals surface area contributed by atoms with Crippen LogP contribution in [0, 0.1) is 5.21 Å². The summed E-state index contributed by atoms with van der Waals surface area (Å²) in [5.41, 5.74) is 1.99. The van der Waals surface area contributed by atoms with Gasteiger partial charge in [-0.1, -0.05) is 42.5 Å². The molecule has 0 unspecified atom stereocenters. The van der Waals surface area contributed by atoms with Crippen molar-refractivity contribution >= 4 is 23.3 Å². The molecule has 0 spiro atoms. The molecule has 1 aliphatic rings. The normalized spacial score (nSPS) is 14.2. The molecule has 3 rings (SSSR count). The molecule has 0 N–H and O–H groups in total. The Bertz CT molecular complexity index is 700. The monoisotopic (exact) mass is 249 g/mol. The maximum absolute atomic E-state index is 12.1. The summed E-state index contributed by atoms with van der Waals surface area (Å²) in [4.78, 5) is 12.1. The fourth-order valence-electron chi connectivity index (χ4n) is 2.09. The first-order valence-electron chi connectivity index (χ1n) is 5.98. The van der Waals surface area contributed by atoms with Gasteiger partial charge < -0.3 is 5.21 Å². The third-order valence-corrected chi connectivity index (χ3v) is 3.05. The molecule has 0 saturated carbocycles. The van der Waals surface area contributed by atoms with Gasteiger partial charge in [0.25, 0.3) is 11.5 Å². The van der Waals surface area contributed by atoms with Crippen LogP contribution in [-0.4, -0.2) is 16.2 Å². The quantitative estimate of drug-likeness (QED) is 0.606. The molecule has 1 heterocycles. The number of ketones is 1. The first kappa shape index (κ1) is 11.4.